The minimum Gasteiger partial charge on any atom is -0.398 e. The molecule has 0 aliphatic heterocycles. The summed E-state index contributed by atoms with van der Waals surface area (Å²) in [6.45, 7) is 1.90. The van der Waals surface area contributed by atoms with E-state index >= 15 is 0 Å². The van der Waals surface area contributed by atoms with Gasteiger partial charge in [0.2, 0.25) is 0 Å². The Labute approximate surface area is 71.1 Å². The Kier molecular flexibility index (Phi) is 2.37. The van der Waals surface area contributed by atoms with Crippen molar-refractivity contribution in [3.05, 3.63) is 28.8 Å². The molecule has 0 saturated heterocycles. The van der Waals surface area contributed by atoms with Gasteiger partial charge in [-0.1, -0.05) is 17.7 Å². The molecule has 3 heteroatoms. The van der Waals surface area contributed by atoms with Crippen molar-refractivity contribution in [3.63, 3.8) is 0 Å². The Balaban J connectivity index is 3.05. The van der Waals surface area contributed by atoms with E-state index in [0.29, 0.717) is 10.7 Å². The highest BCUT2D eigenvalue weighted by molar-refractivity contribution is 6.33. The van der Waals surface area contributed by atoms with E-state index in [9.17, 15) is 0 Å². The van der Waals surface area contributed by atoms with Crippen LogP contribution in [-0.2, 0) is 0 Å². The number of hydrogen-bond acceptors (Lipinski definition) is 2. The summed E-state index contributed by atoms with van der Waals surface area (Å²) in [5.74, 6) is 0. The Bertz CT molecular complexity index is 258. The molecule has 0 aliphatic carbocycles. The molecule has 4 N–H and O–H groups in total. The second kappa shape index (κ2) is 3.11. The number of halogens is 1. The number of nitrogen functional groups attached to an aromatic ring is 1. The summed E-state index contributed by atoms with van der Waals surface area (Å²) in [6, 6.07) is 5.45. The van der Waals surface area contributed by atoms with Crippen LogP contribution in [0.2, 0.25) is 5.02 Å². The van der Waals surface area contributed by atoms with Gasteiger partial charge in [-0.3, -0.25) is 0 Å². The molecule has 2 nitrogen and oxygen atoms in total. The molecule has 1 atom stereocenters. The van der Waals surface area contributed by atoms with Crippen LogP contribution in [0.25, 0.3) is 0 Å². The molecule has 0 heterocycles. The smallest absolute Gasteiger partial charge is 0.0638 e. The number of rotatable bonds is 1. The maximum Gasteiger partial charge on any atom is 0.0638 e. The summed E-state index contributed by atoms with van der Waals surface area (Å²) in [7, 11) is 0. The van der Waals surface area contributed by atoms with Crippen LogP contribution >= 0.6 is 11.6 Å². The lowest BCUT2D eigenvalue weighted by Gasteiger charge is -2.06. The van der Waals surface area contributed by atoms with Crippen LogP contribution in [0.1, 0.15) is 18.5 Å². The van der Waals surface area contributed by atoms with Crippen LogP contribution in [-0.4, -0.2) is 0 Å². The molecule has 1 aromatic rings. The van der Waals surface area contributed by atoms with E-state index < -0.39 is 0 Å². The van der Waals surface area contributed by atoms with Crippen molar-refractivity contribution >= 4 is 17.3 Å². The van der Waals surface area contributed by atoms with Gasteiger partial charge in [-0.2, -0.15) is 0 Å². The summed E-state index contributed by atoms with van der Waals surface area (Å²) < 4.78 is 0. The molecule has 1 rings (SSSR count). The molecule has 1 unspecified atom stereocenters. The van der Waals surface area contributed by atoms with Crippen LogP contribution in [0.3, 0.4) is 0 Å². The van der Waals surface area contributed by atoms with E-state index in [1.807, 2.05) is 13.0 Å². The highest BCUT2D eigenvalue weighted by Crippen LogP contribution is 2.22. The second-order valence-electron chi connectivity index (χ2n) is 2.57. The Morgan fingerprint density at radius 1 is 1.45 bits per heavy atom. The summed E-state index contributed by atoms with van der Waals surface area (Å²) in [6.07, 6.45) is 0. The van der Waals surface area contributed by atoms with Crippen LogP contribution in [0.5, 0.6) is 0 Å². The van der Waals surface area contributed by atoms with E-state index in [4.69, 9.17) is 23.1 Å². The van der Waals surface area contributed by atoms with Crippen LogP contribution in [0.15, 0.2) is 18.2 Å². The highest BCUT2D eigenvalue weighted by atomic mass is 35.5. The molecular weight excluding hydrogens is 160 g/mol. The largest absolute Gasteiger partial charge is 0.398 e. The quantitative estimate of drug-likeness (QED) is 0.633. The Morgan fingerprint density at radius 2 is 2.09 bits per heavy atom. The third-order valence-corrected chi connectivity index (χ3v) is 1.88. The zero-order chi connectivity index (χ0) is 8.43. The normalized spacial score (nSPS) is 13.0. The van der Waals surface area contributed by atoms with E-state index in [-0.39, 0.29) is 6.04 Å². The lowest BCUT2D eigenvalue weighted by molar-refractivity contribution is 0.818. The first-order valence-corrected chi connectivity index (χ1v) is 3.79. The third-order valence-electron chi connectivity index (χ3n) is 1.55. The first-order valence-electron chi connectivity index (χ1n) is 3.42. The van der Waals surface area contributed by atoms with Crippen LogP contribution in [0, 0.1) is 0 Å². The molecule has 0 saturated carbocycles. The van der Waals surface area contributed by atoms with Gasteiger partial charge in [0.05, 0.1) is 10.7 Å². The molecule has 0 bridgehead atoms. The fraction of sp³-hybridized carbons (Fsp3) is 0.250. The van der Waals surface area contributed by atoms with Gasteiger partial charge in [0.15, 0.2) is 0 Å². The number of hydrogen-bond donors (Lipinski definition) is 2. The van der Waals surface area contributed by atoms with Gasteiger partial charge < -0.3 is 11.5 Å². The lowest BCUT2D eigenvalue weighted by atomic mass is 10.1. The van der Waals surface area contributed by atoms with Crippen molar-refractivity contribution in [1.82, 2.24) is 0 Å². The summed E-state index contributed by atoms with van der Waals surface area (Å²) >= 11 is 5.78. The van der Waals surface area contributed by atoms with Gasteiger partial charge >= 0.3 is 0 Å². The minimum atomic E-state index is 0.00750. The summed E-state index contributed by atoms with van der Waals surface area (Å²) in [5.41, 5.74) is 12.7. The fourth-order valence-electron chi connectivity index (χ4n) is 0.827. The van der Waals surface area contributed by atoms with E-state index in [0.717, 1.165) is 5.56 Å². The van der Waals surface area contributed by atoms with Crippen molar-refractivity contribution in [2.75, 3.05) is 5.73 Å². The van der Waals surface area contributed by atoms with Crippen molar-refractivity contribution < 1.29 is 0 Å². The molecule has 11 heavy (non-hydrogen) atoms. The zero-order valence-corrected chi connectivity index (χ0v) is 7.10. The molecule has 0 radical (unpaired) electrons. The summed E-state index contributed by atoms with van der Waals surface area (Å²) in [5, 5.41) is 0.569. The van der Waals surface area contributed by atoms with Gasteiger partial charge in [0.25, 0.3) is 0 Å². The number of nitrogens with two attached hydrogens (primary N) is 2. The van der Waals surface area contributed by atoms with Gasteiger partial charge in [-0.25, -0.2) is 0 Å². The van der Waals surface area contributed by atoms with Crippen LogP contribution in [0.4, 0.5) is 5.69 Å². The van der Waals surface area contributed by atoms with Gasteiger partial charge in [0, 0.05) is 6.04 Å². The SMILES string of the molecule is CC(N)c1ccc(N)c(Cl)c1. The monoisotopic (exact) mass is 170 g/mol. The van der Waals surface area contributed by atoms with E-state index in [1.165, 1.54) is 0 Å². The molecule has 0 amide bonds. The first-order chi connectivity index (χ1) is 5.11. The molecule has 60 valence electrons. The van der Waals surface area contributed by atoms with Gasteiger partial charge in [-0.05, 0) is 24.6 Å². The van der Waals surface area contributed by atoms with Crippen LogP contribution < -0.4 is 11.5 Å². The molecule has 0 aliphatic rings. The zero-order valence-electron chi connectivity index (χ0n) is 6.34. The van der Waals surface area contributed by atoms with Crippen molar-refractivity contribution in [2.24, 2.45) is 5.73 Å². The lowest BCUT2D eigenvalue weighted by Crippen LogP contribution is -2.04. The average Bonchev–Trinajstić information content (AvgIpc) is 1.94. The topological polar surface area (TPSA) is 52.0 Å². The fourth-order valence-corrected chi connectivity index (χ4v) is 1.02. The van der Waals surface area contributed by atoms with Crippen molar-refractivity contribution in [2.45, 2.75) is 13.0 Å². The molecular formula is C8H11ClN2. The third kappa shape index (κ3) is 1.85. The molecule has 0 spiro atoms. The minimum absolute atomic E-state index is 0.00750. The Morgan fingerprint density at radius 3 is 2.55 bits per heavy atom. The standard InChI is InChI=1S/C8H11ClN2/c1-5(10)6-2-3-8(11)7(9)4-6/h2-5H,10-11H2,1H3. The van der Waals surface area contributed by atoms with Gasteiger partial charge in [-0.15, -0.1) is 0 Å². The molecule has 1 aromatic carbocycles. The summed E-state index contributed by atoms with van der Waals surface area (Å²) in [4.78, 5) is 0. The molecule has 0 aromatic heterocycles. The molecule has 0 fully saturated rings. The maximum atomic E-state index is 5.78. The predicted molar refractivity (Wildman–Crippen MR) is 48.5 cm³/mol. The predicted octanol–water partition coefficient (Wildman–Crippen LogP) is 1.94. The Hall–Kier alpha value is -0.730. The van der Waals surface area contributed by atoms with E-state index in [1.54, 1.807) is 12.1 Å². The van der Waals surface area contributed by atoms with Gasteiger partial charge in [0.1, 0.15) is 0 Å². The highest BCUT2D eigenvalue weighted by Gasteiger charge is 2.01. The second-order valence-corrected chi connectivity index (χ2v) is 2.98. The van der Waals surface area contributed by atoms with Crippen molar-refractivity contribution in [1.29, 1.82) is 0 Å². The van der Waals surface area contributed by atoms with Crippen molar-refractivity contribution in [3.8, 4) is 0 Å². The average molecular weight is 171 g/mol. The number of anilines is 1. The van der Waals surface area contributed by atoms with E-state index in [2.05, 4.69) is 0 Å². The number of benzene rings is 1. The first kappa shape index (κ1) is 8.37. The maximum absolute atomic E-state index is 5.78.